The molecule has 10 heteroatoms. The molecular formula is C24H23Cl2N3O4S. The quantitative estimate of drug-likeness (QED) is 0.316. The third-order valence-electron chi connectivity index (χ3n) is 4.71. The van der Waals surface area contributed by atoms with Crippen LogP contribution in [0.3, 0.4) is 0 Å². The minimum atomic E-state index is -4.06. The number of ether oxygens (including phenoxy) is 1. The SMILES string of the molecule is CCOc1ccc(S(=O)(=O)N(CC(=O)N/N=C\c2c(Cl)cccc2Cl)c2ccc(C)cc2)cc1. The number of carbonyl (C=O) groups excluding carboxylic acids is 1. The van der Waals surface area contributed by atoms with Crippen LogP contribution < -0.4 is 14.5 Å². The number of amides is 1. The maximum atomic E-state index is 13.4. The van der Waals surface area contributed by atoms with Crippen LogP contribution in [0.4, 0.5) is 5.69 Å². The highest BCUT2D eigenvalue weighted by molar-refractivity contribution is 7.92. The summed E-state index contributed by atoms with van der Waals surface area (Å²) >= 11 is 12.2. The van der Waals surface area contributed by atoms with Crippen molar-refractivity contribution in [1.82, 2.24) is 5.43 Å². The van der Waals surface area contributed by atoms with Crippen molar-refractivity contribution in [3.05, 3.63) is 87.9 Å². The largest absolute Gasteiger partial charge is 0.494 e. The molecule has 0 fully saturated rings. The number of anilines is 1. The standard InChI is InChI=1S/C24H23Cl2N3O4S/c1-3-33-19-11-13-20(14-12-19)34(31,32)29(18-9-7-17(2)8-10-18)16-24(30)28-27-15-21-22(25)5-4-6-23(21)26/h4-15H,3,16H2,1-2H3,(H,28,30)/b27-15-. The molecule has 3 aromatic rings. The molecule has 0 radical (unpaired) electrons. The van der Waals surface area contributed by atoms with Crippen LogP contribution in [0.15, 0.2) is 76.7 Å². The Bertz CT molecular complexity index is 1260. The number of hydrogen-bond donors (Lipinski definition) is 1. The average Bonchev–Trinajstić information content (AvgIpc) is 2.81. The molecule has 0 spiro atoms. The summed E-state index contributed by atoms with van der Waals surface area (Å²) in [6.07, 6.45) is 1.31. The van der Waals surface area contributed by atoms with E-state index in [1.165, 1.54) is 18.3 Å². The van der Waals surface area contributed by atoms with Crippen LogP contribution >= 0.6 is 23.2 Å². The van der Waals surface area contributed by atoms with Crippen molar-refractivity contribution in [3.8, 4) is 5.75 Å². The van der Waals surface area contributed by atoms with Gasteiger partial charge in [0.25, 0.3) is 15.9 Å². The number of hydrazone groups is 1. The molecule has 0 atom stereocenters. The fourth-order valence-corrected chi connectivity index (χ4v) is 4.91. The summed E-state index contributed by atoms with van der Waals surface area (Å²) < 4.78 is 33.3. The maximum Gasteiger partial charge on any atom is 0.264 e. The molecule has 0 unspecified atom stereocenters. The number of nitrogens with zero attached hydrogens (tertiary/aromatic N) is 2. The molecule has 0 aliphatic rings. The predicted molar refractivity (Wildman–Crippen MR) is 136 cm³/mol. The van der Waals surface area contributed by atoms with Crippen molar-refractivity contribution in [2.24, 2.45) is 5.10 Å². The highest BCUT2D eigenvalue weighted by atomic mass is 35.5. The molecule has 0 saturated carbocycles. The first-order chi connectivity index (χ1) is 16.2. The average molecular weight is 520 g/mol. The zero-order valence-corrected chi connectivity index (χ0v) is 20.9. The van der Waals surface area contributed by atoms with E-state index in [4.69, 9.17) is 27.9 Å². The second kappa shape index (κ2) is 11.4. The topological polar surface area (TPSA) is 88.1 Å². The van der Waals surface area contributed by atoms with Gasteiger partial charge in [0, 0.05) is 5.56 Å². The van der Waals surface area contributed by atoms with Crippen LogP contribution in [0, 0.1) is 6.92 Å². The Labute approximate surface area is 209 Å². The molecule has 0 aliphatic heterocycles. The lowest BCUT2D eigenvalue weighted by molar-refractivity contribution is -0.119. The fourth-order valence-electron chi connectivity index (χ4n) is 3.00. The Hall–Kier alpha value is -3.07. The maximum absolute atomic E-state index is 13.4. The molecule has 0 aliphatic carbocycles. The Balaban J connectivity index is 1.85. The molecule has 0 aromatic heterocycles. The van der Waals surface area contributed by atoms with Crippen LogP contribution in [0.5, 0.6) is 5.75 Å². The minimum absolute atomic E-state index is 0.0238. The summed E-state index contributed by atoms with van der Waals surface area (Å²) in [5, 5.41) is 4.61. The summed E-state index contributed by atoms with van der Waals surface area (Å²) in [7, 11) is -4.06. The van der Waals surface area contributed by atoms with Gasteiger partial charge in [-0.05, 0) is 62.4 Å². The molecule has 178 valence electrons. The smallest absolute Gasteiger partial charge is 0.264 e. The first-order valence-electron chi connectivity index (χ1n) is 10.3. The molecule has 0 bridgehead atoms. The summed E-state index contributed by atoms with van der Waals surface area (Å²) in [5.41, 5.74) is 4.06. The molecule has 0 saturated heterocycles. The lowest BCUT2D eigenvalue weighted by atomic mass is 10.2. The van der Waals surface area contributed by atoms with Gasteiger partial charge in [0.15, 0.2) is 0 Å². The molecule has 3 aromatic carbocycles. The number of halogens is 2. The second-order valence-electron chi connectivity index (χ2n) is 7.18. The van der Waals surface area contributed by atoms with Crippen molar-refractivity contribution in [3.63, 3.8) is 0 Å². The van der Waals surface area contributed by atoms with Crippen molar-refractivity contribution in [1.29, 1.82) is 0 Å². The Morgan fingerprint density at radius 1 is 1.03 bits per heavy atom. The van der Waals surface area contributed by atoms with Crippen molar-refractivity contribution in [2.75, 3.05) is 17.5 Å². The van der Waals surface area contributed by atoms with E-state index in [0.29, 0.717) is 33.7 Å². The van der Waals surface area contributed by atoms with Gasteiger partial charge in [0.05, 0.1) is 33.4 Å². The lowest BCUT2D eigenvalue weighted by Gasteiger charge is -2.24. The molecule has 0 heterocycles. The van der Waals surface area contributed by atoms with E-state index < -0.39 is 22.5 Å². The first-order valence-corrected chi connectivity index (χ1v) is 12.5. The van der Waals surface area contributed by atoms with E-state index in [2.05, 4.69) is 10.5 Å². The van der Waals surface area contributed by atoms with Crippen LogP contribution in [0.25, 0.3) is 0 Å². The molecule has 7 nitrogen and oxygen atoms in total. The van der Waals surface area contributed by atoms with Crippen LogP contribution in [-0.2, 0) is 14.8 Å². The molecule has 1 amide bonds. The third kappa shape index (κ3) is 6.28. The van der Waals surface area contributed by atoms with Gasteiger partial charge < -0.3 is 4.74 Å². The number of rotatable bonds is 9. The highest BCUT2D eigenvalue weighted by Crippen LogP contribution is 2.26. The summed E-state index contributed by atoms with van der Waals surface area (Å²) in [6.45, 7) is 3.69. The van der Waals surface area contributed by atoms with Crippen LogP contribution in [-0.4, -0.2) is 33.7 Å². The van der Waals surface area contributed by atoms with Crippen LogP contribution in [0.1, 0.15) is 18.1 Å². The predicted octanol–water partition coefficient (Wildman–Crippen LogP) is 5.05. The van der Waals surface area contributed by atoms with E-state index in [1.54, 1.807) is 54.6 Å². The van der Waals surface area contributed by atoms with Gasteiger partial charge >= 0.3 is 0 Å². The third-order valence-corrected chi connectivity index (χ3v) is 7.16. The molecule has 34 heavy (non-hydrogen) atoms. The summed E-state index contributed by atoms with van der Waals surface area (Å²) in [4.78, 5) is 12.7. The Kier molecular flexibility index (Phi) is 8.55. The van der Waals surface area contributed by atoms with E-state index in [1.807, 2.05) is 13.8 Å². The second-order valence-corrected chi connectivity index (χ2v) is 9.86. The zero-order valence-electron chi connectivity index (χ0n) is 18.5. The van der Waals surface area contributed by atoms with Gasteiger partial charge in [-0.3, -0.25) is 9.10 Å². The summed E-state index contributed by atoms with van der Waals surface area (Å²) in [6, 6.07) is 17.8. The Morgan fingerprint density at radius 3 is 2.24 bits per heavy atom. The fraction of sp³-hybridized carbons (Fsp3) is 0.167. The van der Waals surface area contributed by atoms with Gasteiger partial charge in [-0.2, -0.15) is 5.10 Å². The molecular weight excluding hydrogens is 497 g/mol. The van der Waals surface area contributed by atoms with E-state index in [-0.39, 0.29) is 4.90 Å². The van der Waals surface area contributed by atoms with Crippen molar-refractivity contribution in [2.45, 2.75) is 18.7 Å². The minimum Gasteiger partial charge on any atom is -0.494 e. The van der Waals surface area contributed by atoms with Crippen molar-refractivity contribution >= 4 is 51.0 Å². The van der Waals surface area contributed by atoms with Gasteiger partial charge in [-0.1, -0.05) is 47.0 Å². The number of nitrogens with one attached hydrogen (secondary N) is 1. The highest BCUT2D eigenvalue weighted by Gasteiger charge is 2.27. The zero-order chi connectivity index (χ0) is 24.7. The molecule has 3 rings (SSSR count). The van der Waals surface area contributed by atoms with Crippen LogP contribution in [0.2, 0.25) is 10.0 Å². The van der Waals surface area contributed by atoms with Gasteiger partial charge in [0.1, 0.15) is 12.3 Å². The van der Waals surface area contributed by atoms with E-state index >= 15 is 0 Å². The normalized spacial score (nSPS) is 11.4. The Morgan fingerprint density at radius 2 is 1.65 bits per heavy atom. The lowest BCUT2D eigenvalue weighted by Crippen LogP contribution is -2.39. The number of sulfonamides is 1. The number of carbonyl (C=O) groups is 1. The number of hydrogen-bond acceptors (Lipinski definition) is 5. The molecule has 1 N–H and O–H groups in total. The van der Waals surface area contributed by atoms with E-state index in [9.17, 15) is 13.2 Å². The van der Waals surface area contributed by atoms with Crippen molar-refractivity contribution < 1.29 is 17.9 Å². The van der Waals surface area contributed by atoms with Gasteiger partial charge in [-0.25, -0.2) is 13.8 Å². The van der Waals surface area contributed by atoms with E-state index in [0.717, 1.165) is 9.87 Å². The van der Waals surface area contributed by atoms with Gasteiger partial charge in [-0.15, -0.1) is 0 Å². The first kappa shape index (κ1) is 25.6. The number of benzene rings is 3. The summed E-state index contributed by atoms with van der Waals surface area (Å²) in [5.74, 6) is -0.0943. The number of aryl methyl sites for hydroxylation is 1. The van der Waals surface area contributed by atoms with Gasteiger partial charge in [0.2, 0.25) is 0 Å². The monoisotopic (exact) mass is 519 g/mol.